The first-order valence-electron chi connectivity index (χ1n) is 11.9. The number of hydrogen-bond donors (Lipinski definition) is 0. The molecule has 0 bridgehead atoms. The molecule has 0 aliphatic carbocycles. The Morgan fingerprint density at radius 1 is 1.18 bits per heavy atom. The van der Waals surface area contributed by atoms with Crippen LogP contribution in [0.5, 0.6) is 11.5 Å². The van der Waals surface area contributed by atoms with Gasteiger partial charge in [0.25, 0.3) is 0 Å². The Morgan fingerprint density at radius 2 is 1.94 bits per heavy atom. The Balaban J connectivity index is 1.74. The summed E-state index contributed by atoms with van der Waals surface area (Å²) in [6, 6.07) is 13.5. The van der Waals surface area contributed by atoms with Gasteiger partial charge in [-0.25, -0.2) is 0 Å². The summed E-state index contributed by atoms with van der Waals surface area (Å²) < 4.78 is 17.5. The Hall–Kier alpha value is -2.89. The highest BCUT2D eigenvalue weighted by Gasteiger charge is 2.20. The van der Waals surface area contributed by atoms with Gasteiger partial charge in [-0.15, -0.1) is 6.58 Å². The van der Waals surface area contributed by atoms with E-state index in [2.05, 4.69) is 20.4 Å². The molecule has 1 unspecified atom stereocenters. The number of rotatable bonds is 11. The number of carbonyl (C=O) groups excluding carboxylic acids is 1. The summed E-state index contributed by atoms with van der Waals surface area (Å²) in [4.78, 5) is 15.2. The minimum Gasteiger partial charge on any atom is -0.491 e. The van der Waals surface area contributed by atoms with Crippen LogP contribution in [0.2, 0.25) is 0 Å². The lowest BCUT2D eigenvalue weighted by atomic mass is 9.83. The van der Waals surface area contributed by atoms with Crippen molar-refractivity contribution in [2.45, 2.75) is 44.8 Å². The van der Waals surface area contributed by atoms with Crippen molar-refractivity contribution in [2.24, 2.45) is 0 Å². The quantitative estimate of drug-likeness (QED) is 0.236. The fourth-order valence-corrected chi connectivity index (χ4v) is 3.58. The molecule has 34 heavy (non-hydrogen) atoms. The number of hydrogen-bond acceptors (Lipinski definition) is 5. The third-order valence-electron chi connectivity index (χ3n) is 6.01. The minimum atomic E-state index is -0.251. The number of nitrogens with zero attached hydrogens (tertiary/aromatic N) is 1. The molecule has 0 saturated carbocycles. The molecule has 2 aromatic carbocycles. The maximum atomic E-state index is 13.2. The van der Waals surface area contributed by atoms with Gasteiger partial charge < -0.3 is 19.1 Å². The van der Waals surface area contributed by atoms with Crippen LogP contribution in [0.15, 0.2) is 61.2 Å². The van der Waals surface area contributed by atoms with Gasteiger partial charge in [0.2, 0.25) is 0 Å². The first-order chi connectivity index (χ1) is 16.3. The molecule has 182 valence electrons. The lowest BCUT2D eigenvalue weighted by Gasteiger charge is -2.23. The van der Waals surface area contributed by atoms with Gasteiger partial charge >= 0.3 is 0 Å². The van der Waals surface area contributed by atoms with Crippen molar-refractivity contribution in [3.05, 3.63) is 77.9 Å². The van der Waals surface area contributed by atoms with E-state index >= 15 is 0 Å². The molecular weight excluding hydrogens is 426 g/mol. The summed E-state index contributed by atoms with van der Waals surface area (Å²) in [5.74, 6) is 1.26. The Morgan fingerprint density at radius 3 is 2.59 bits per heavy atom. The summed E-state index contributed by atoms with van der Waals surface area (Å²) in [5.41, 5.74) is 2.24. The van der Waals surface area contributed by atoms with Gasteiger partial charge in [-0.05, 0) is 68.4 Å². The van der Waals surface area contributed by atoms with E-state index in [9.17, 15) is 4.79 Å². The molecule has 1 atom stereocenters. The van der Waals surface area contributed by atoms with Crippen molar-refractivity contribution in [1.82, 2.24) is 4.90 Å². The number of allylic oxidation sites excluding steroid dienone is 2. The second-order valence-corrected chi connectivity index (χ2v) is 9.47. The summed E-state index contributed by atoms with van der Waals surface area (Å²) in [5, 5.41) is 0. The van der Waals surface area contributed by atoms with Crippen LogP contribution >= 0.6 is 0 Å². The van der Waals surface area contributed by atoms with Gasteiger partial charge in [-0.1, -0.05) is 44.2 Å². The van der Waals surface area contributed by atoms with Gasteiger partial charge in [0.15, 0.2) is 12.1 Å². The number of benzene rings is 2. The summed E-state index contributed by atoms with van der Waals surface area (Å²) in [7, 11) is 3.98. The number of ketones is 1. The summed E-state index contributed by atoms with van der Waals surface area (Å²) >= 11 is 0. The minimum absolute atomic E-state index is 0.0995. The molecule has 1 aliphatic heterocycles. The van der Waals surface area contributed by atoms with Crippen LogP contribution in [0.3, 0.4) is 0 Å². The molecular formula is C29H37NO4. The zero-order valence-corrected chi connectivity index (χ0v) is 20.9. The second kappa shape index (κ2) is 12.0. The highest BCUT2D eigenvalue weighted by atomic mass is 16.7. The van der Waals surface area contributed by atoms with Crippen molar-refractivity contribution in [1.29, 1.82) is 0 Å². The standard InChI is InChI=1S/C29H37NO4/c1-6-29(2,3)23-13-17-27(32-20-18-30(4)5)25(21-23)26(31)16-12-22-10-14-24(15-11-22)34-28-9-7-8-19-33-28/h6,10-17,21,28H,1,7-9,18-20H2,2-5H3. The Bertz CT molecular complexity index is 986. The van der Waals surface area contributed by atoms with E-state index in [0.717, 1.165) is 49.3 Å². The average Bonchev–Trinajstić information content (AvgIpc) is 2.84. The van der Waals surface area contributed by atoms with Crippen molar-refractivity contribution < 1.29 is 19.0 Å². The van der Waals surface area contributed by atoms with E-state index in [0.29, 0.717) is 17.9 Å². The molecule has 0 aromatic heterocycles. The van der Waals surface area contributed by atoms with Crippen LogP contribution in [0.4, 0.5) is 0 Å². The van der Waals surface area contributed by atoms with Crippen LogP contribution in [0.1, 0.15) is 54.6 Å². The molecule has 2 aromatic rings. The van der Waals surface area contributed by atoms with E-state index in [1.54, 1.807) is 6.08 Å². The second-order valence-electron chi connectivity index (χ2n) is 9.47. The van der Waals surface area contributed by atoms with Crippen LogP contribution in [0, 0.1) is 0 Å². The number of likely N-dealkylation sites (N-methyl/N-ethyl adjacent to an activating group) is 1. The van der Waals surface area contributed by atoms with Gasteiger partial charge in [0.05, 0.1) is 12.2 Å². The monoisotopic (exact) mass is 463 g/mol. The third-order valence-corrected chi connectivity index (χ3v) is 6.01. The number of ether oxygens (including phenoxy) is 3. The van der Waals surface area contributed by atoms with E-state index in [1.807, 2.05) is 73.6 Å². The first-order valence-corrected chi connectivity index (χ1v) is 11.9. The highest BCUT2D eigenvalue weighted by Crippen LogP contribution is 2.30. The number of carbonyl (C=O) groups is 1. The molecule has 0 radical (unpaired) electrons. The zero-order chi connectivity index (χ0) is 24.6. The van der Waals surface area contributed by atoms with Crippen LogP contribution < -0.4 is 9.47 Å². The fraction of sp³-hybridized carbons (Fsp3) is 0.414. The third kappa shape index (κ3) is 7.31. The highest BCUT2D eigenvalue weighted by molar-refractivity contribution is 6.08. The van der Waals surface area contributed by atoms with Crippen LogP contribution in [0.25, 0.3) is 6.08 Å². The molecule has 1 aliphatic rings. The van der Waals surface area contributed by atoms with E-state index in [4.69, 9.17) is 14.2 Å². The topological polar surface area (TPSA) is 48.0 Å². The SMILES string of the molecule is C=CC(C)(C)c1ccc(OCCN(C)C)c(C(=O)C=Cc2ccc(OC3CCCCO3)cc2)c1. The maximum absolute atomic E-state index is 13.2. The normalized spacial score (nSPS) is 16.6. The smallest absolute Gasteiger partial charge is 0.199 e. The van der Waals surface area contributed by atoms with Crippen molar-refractivity contribution >= 4 is 11.9 Å². The van der Waals surface area contributed by atoms with Gasteiger partial charge in [0.1, 0.15) is 18.1 Å². The molecule has 5 heteroatoms. The van der Waals surface area contributed by atoms with Crippen molar-refractivity contribution in [3.63, 3.8) is 0 Å². The predicted octanol–water partition coefficient (Wildman–Crippen LogP) is 5.89. The lowest BCUT2D eigenvalue weighted by Crippen LogP contribution is -2.24. The van der Waals surface area contributed by atoms with Crippen LogP contribution in [-0.4, -0.2) is 50.8 Å². The zero-order valence-electron chi connectivity index (χ0n) is 20.9. The van der Waals surface area contributed by atoms with Crippen molar-refractivity contribution in [2.75, 3.05) is 33.9 Å². The molecule has 0 N–H and O–H groups in total. The van der Waals surface area contributed by atoms with E-state index in [-0.39, 0.29) is 17.5 Å². The molecule has 3 rings (SSSR count). The fourth-order valence-electron chi connectivity index (χ4n) is 3.58. The van der Waals surface area contributed by atoms with Gasteiger partial charge in [-0.2, -0.15) is 0 Å². The summed E-state index contributed by atoms with van der Waals surface area (Å²) in [6.07, 6.45) is 8.26. The lowest BCUT2D eigenvalue weighted by molar-refractivity contribution is -0.105. The Kier molecular flexibility index (Phi) is 9.08. The van der Waals surface area contributed by atoms with Gasteiger partial charge in [0, 0.05) is 18.4 Å². The summed E-state index contributed by atoms with van der Waals surface area (Å²) in [6.45, 7) is 10.1. The largest absolute Gasteiger partial charge is 0.491 e. The first kappa shape index (κ1) is 25.7. The van der Waals surface area contributed by atoms with Crippen molar-refractivity contribution in [3.8, 4) is 11.5 Å². The van der Waals surface area contributed by atoms with E-state index in [1.165, 1.54) is 0 Å². The molecule has 1 saturated heterocycles. The Labute approximate surface area is 204 Å². The molecule has 1 heterocycles. The van der Waals surface area contributed by atoms with Gasteiger partial charge in [-0.3, -0.25) is 4.79 Å². The van der Waals surface area contributed by atoms with E-state index < -0.39 is 0 Å². The maximum Gasteiger partial charge on any atom is 0.199 e. The molecule has 0 spiro atoms. The molecule has 0 amide bonds. The average molecular weight is 464 g/mol. The predicted molar refractivity (Wildman–Crippen MR) is 138 cm³/mol. The molecule has 1 fully saturated rings. The van der Waals surface area contributed by atoms with Crippen LogP contribution in [-0.2, 0) is 10.2 Å². The molecule has 5 nitrogen and oxygen atoms in total.